The van der Waals surface area contributed by atoms with E-state index in [0.29, 0.717) is 6.54 Å². The molecule has 0 bridgehead atoms. The van der Waals surface area contributed by atoms with Crippen LogP contribution in [0.2, 0.25) is 0 Å². The molecule has 0 aliphatic rings. The molecule has 1 aromatic rings. The predicted octanol–water partition coefficient (Wildman–Crippen LogP) is 3.55. The molecule has 0 atom stereocenters. The molecule has 0 saturated heterocycles. The van der Waals surface area contributed by atoms with Gasteiger partial charge in [-0.3, -0.25) is 0 Å². The van der Waals surface area contributed by atoms with Crippen LogP contribution in [0, 0.1) is 0 Å². The van der Waals surface area contributed by atoms with Crippen molar-refractivity contribution in [1.29, 1.82) is 0 Å². The molecule has 102 valence electrons. The second-order valence-electron chi connectivity index (χ2n) is 3.72. The van der Waals surface area contributed by atoms with Gasteiger partial charge in [0.2, 0.25) is 0 Å². The van der Waals surface area contributed by atoms with Crippen molar-refractivity contribution in [3.63, 3.8) is 0 Å². The molecule has 0 aliphatic carbocycles. The Morgan fingerprint density at radius 2 is 1.44 bits per heavy atom. The van der Waals surface area contributed by atoms with Crippen LogP contribution in [-0.4, -0.2) is 31.5 Å². The first-order chi connectivity index (χ1) is 8.74. The third-order valence-corrected chi connectivity index (χ3v) is 43.7. The summed E-state index contributed by atoms with van der Waals surface area (Å²) in [5, 5.41) is 0. The van der Waals surface area contributed by atoms with Gasteiger partial charge in [0.15, 0.2) is 0 Å². The van der Waals surface area contributed by atoms with Crippen molar-refractivity contribution in [3.8, 4) is 0 Å². The van der Waals surface area contributed by atoms with E-state index in [1.54, 1.807) is 3.58 Å². The molecule has 1 aromatic carbocycles. The van der Waals surface area contributed by atoms with E-state index in [0.717, 1.165) is 0 Å². The van der Waals surface area contributed by atoms with Crippen LogP contribution in [0.25, 0.3) is 0 Å². The summed E-state index contributed by atoms with van der Waals surface area (Å²) in [5.41, 5.74) is 7.31. The molecule has 0 aliphatic heterocycles. The molecule has 0 aromatic heterocycles. The topological polar surface area (TPSA) is 26.0 Å². The standard InChI is InChI=1S/C7H8N.3C2H6S.Sn/c8-6-7-4-2-1-3-5-7;3*1-2-3;/h1-4H,6,8H2;3*3H,2H2,1H3;/q;;;;+3/p-3. The summed E-state index contributed by atoms with van der Waals surface area (Å²) >= 11 is -2.42. The molecular weight excluding hydrogens is 385 g/mol. The molecule has 0 unspecified atom stereocenters. The maximum atomic E-state index is 5.94. The van der Waals surface area contributed by atoms with Crippen LogP contribution in [0.4, 0.5) is 0 Å². The van der Waals surface area contributed by atoms with E-state index in [-0.39, 0.29) is 0 Å². The van der Waals surface area contributed by atoms with Crippen LogP contribution in [0.15, 0.2) is 24.3 Å². The van der Waals surface area contributed by atoms with Gasteiger partial charge in [0.25, 0.3) is 0 Å². The van der Waals surface area contributed by atoms with Crippen molar-refractivity contribution in [2.75, 3.05) is 17.3 Å². The first-order valence-electron chi connectivity index (χ1n) is 6.44. The number of rotatable bonds is 8. The quantitative estimate of drug-likeness (QED) is 0.666. The van der Waals surface area contributed by atoms with Gasteiger partial charge in [0.05, 0.1) is 0 Å². The van der Waals surface area contributed by atoms with E-state index in [9.17, 15) is 0 Å². The summed E-state index contributed by atoms with van der Waals surface area (Å²) < 4.78 is 1.61. The summed E-state index contributed by atoms with van der Waals surface area (Å²) in [7, 11) is 6.71. The molecule has 0 amide bonds. The first kappa shape index (κ1) is 17.1. The fourth-order valence-corrected chi connectivity index (χ4v) is 45.5. The van der Waals surface area contributed by atoms with Crippen molar-refractivity contribution in [2.24, 2.45) is 5.73 Å². The monoisotopic (exact) mass is 409 g/mol. The zero-order chi connectivity index (χ0) is 13.4. The van der Waals surface area contributed by atoms with Crippen molar-refractivity contribution >= 4 is 44.6 Å². The normalized spacial score (nSPS) is 11.8. The number of nitrogens with two attached hydrogens (primary N) is 1. The van der Waals surface area contributed by atoms with Crippen LogP contribution >= 0.6 is 26.8 Å². The van der Waals surface area contributed by atoms with Gasteiger partial charge in [-0.2, -0.15) is 0 Å². The van der Waals surface area contributed by atoms with E-state index in [1.165, 1.54) is 22.8 Å². The van der Waals surface area contributed by atoms with Crippen molar-refractivity contribution in [3.05, 3.63) is 29.8 Å². The molecular formula is C13H23NS3Sn. The third kappa shape index (κ3) is 4.26. The van der Waals surface area contributed by atoms with E-state index in [2.05, 4.69) is 71.9 Å². The van der Waals surface area contributed by atoms with Crippen LogP contribution in [0.5, 0.6) is 0 Å². The van der Waals surface area contributed by atoms with Crippen LogP contribution in [0.3, 0.4) is 0 Å². The Balaban J connectivity index is 3.20. The average Bonchev–Trinajstić information content (AvgIpc) is 2.39. The molecule has 2 N–H and O–H groups in total. The van der Waals surface area contributed by atoms with Gasteiger partial charge in [0, 0.05) is 0 Å². The molecule has 0 fully saturated rings. The molecule has 0 heterocycles. The second kappa shape index (κ2) is 9.05. The van der Waals surface area contributed by atoms with Gasteiger partial charge in [-0.05, 0) is 0 Å². The Morgan fingerprint density at radius 3 is 1.89 bits per heavy atom. The van der Waals surface area contributed by atoms with E-state index < -0.39 is 14.2 Å². The molecule has 0 saturated carbocycles. The summed E-state index contributed by atoms with van der Waals surface area (Å²) in [4.78, 5) is 0. The van der Waals surface area contributed by atoms with E-state index >= 15 is 0 Å². The van der Waals surface area contributed by atoms with Crippen LogP contribution in [-0.2, 0) is 6.54 Å². The summed E-state index contributed by atoms with van der Waals surface area (Å²) in [6.07, 6.45) is 0. The minimum atomic E-state index is -2.42. The predicted molar refractivity (Wildman–Crippen MR) is 94.1 cm³/mol. The molecule has 1 nitrogen and oxygen atoms in total. The molecule has 1 rings (SSSR count). The zero-order valence-electron chi connectivity index (χ0n) is 11.4. The number of benzene rings is 1. The Labute approximate surface area is 124 Å². The average molecular weight is 408 g/mol. The van der Waals surface area contributed by atoms with E-state index in [1.807, 2.05) is 0 Å². The third-order valence-electron chi connectivity index (χ3n) is 2.57. The Morgan fingerprint density at radius 1 is 0.944 bits per heavy atom. The molecule has 18 heavy (non-hydrogen) atoms. The minimum absolute atomic E-state index is 0.674. The Hall–Kier alpha value is 1.03. The summed E-state index contributed by atoms with van der Waals surface area (Å²) in [6.45, 7) is 7.53. The van der Waals surface area contributed by atoms with Gasteiger partial charge in [0.1, 0.15) is 0 Å². The van der Waals surface area contributed by atoms with Crippen molar-refractivity contribution in [1.82, 2.24) is 0 Å². The first-order valence-corrected chi connectivity index (χ1v) is 21.3. The molecule has 5 heteroatoms. The Kier molecular flexibility index (Phi) is 8.59. The Bertz CT molecular complexity index is 343. The summed E-state index contributed by atoms with van der Waals surface area (Å²) in [6, 6.07) is 8.85. The van der Waals surface area contributed by atoms with Gasteiger partial charge < -0.3 is 0 Å². The number of hydrogen-bond acceptors (Lipinski definition) is 4. The van der Waals surface area contributed by atoms with Crippen LogP contribution in [0.1, 0.15) is 26.3 Å². The fraction of sp³-hybridized carbons (Fsp3) is 0.538. The fourth-order valence-electron chi connectivity index (χ4n) is 1.93. The van der Waals surface area contributed by atoms with Gasteiger partial charge >= 0.3 is 125 Å². The van der Waals surface area contributed by atoms with Gasteiger partial charge in [-0.25, -0.2) is 0 Å². The maximum absolute atomic E-state index is 5.94. The SMILES string of the molecule is CC[S][Sn]([S]CC)([S]CC)[c]1ccccc1CN. The van der Waals surface area contributed by atoms with Gasteiger partial charge in [-0.1, -0.05) is 0 Å². The van der Waals surface area contributed by atoms with Gasteiger partial charge in [-0.15, -0.1) is 0 Å². The second-order valence-corrected chi connectivity index (χ2v) is 36.0. The summed E-state index contributed by atoms with van der Waals surface area (Å²) in [5.74, 6) is 3.65. The zero-order valence-corrected chi connectivity index (χ0v) is 16.7. The van der Waals surface area contributed by atoms with Crippen LogP contribution < -0.4 is 9.31 Å². The number of hydrogen-bond donors (Lipinski definition) is 1. The molecule has 0 radical (unpaired) electrons. The van der Waals surface area contributed by atoms with Crippen molar-refractivity contribution < 1.29 is 0 Å². The van der Waals surface area contributed by atoms with Crippen molar-refractivity contribution in [2.45, 2.75) is 27.3 Å². The van der Waals surface area contributed by atoms with E-state index in [4.69, 9.17) is 5.73 Å². The molecule has 0 spiro atoms.